The number of nitriles is 1. The Kier molecular flexibility index (Phi) is 3.92. The summed E-state index contributed by atoms with van der Waals surface area (Å²) in [6.45, 7) is 1.52. The van der Waals surface area contributed by atoms with Crippen molar-refractivity contribution >= 4 is 5.69 Å². The summed E-state index contributed by atoms with van der Waals surface area (Å²) in [6.07, 6.45) is 4.52. The van der Waals surface area contributed by atoms with Crippen molar-refractivity contribution < 1.29 is 4.39 Å². The van der Waals surface area contributed by atoms with Gasteiger partial charge in [0.15, 0.2) is 0 Å². The van der Waals surface area contributed by atoms with Crippen LogP contribution in [0.5, 0.6) is 0 Å². The second kappa shape index (κ2) is 5.82. The zero-order valence-corrected chi connectivity index (χ0v) is 9.81. The lowest BCUT2D eigenvalue weighted by Crippen LogP contribution is -2.08. The normalized spacial score (nSPS) is 10.0. The maximum atomic E-state index is 12.9. The Balaban J connectivity index is 1.85. The molecular weight excluding hydrogens is 231 g/mol. The van der Waals surface area contributed by atoms with Crippen LogP contribution in [0.3, 0.4) is 0 Å². The van der Waals surface area contributed by atoms with Gasteiger partial charge in [-0.05, 0) is 30.7 Å². The van der Waals surface area contributed by atoms with Crippen molar-refractivity contribution in [1.29, 1.82) is 5.26 Å². The van der Waals surface area contributed by atoms with Gasteiger partial charge in [-0.15, -0.1) is 0 Å². The maximum Gasteiger partial charge on any atom is 0.124 e. The van der Waals surface area contributed by atoms with Crippen molar-refractivity contribution in [3.05, 3.63) is 48.0 Å². The van der Waals surface area contributed by atoms with Gasteiger partial charge in [0.1, 0.15) is 11.9 Å². The molecule has 0 bridgehead atoms. The SMILES string of the molecule is N#Cc1cc(F)ccc1NCCCn1cccn1. The number of anilines is 1. The van der Waals surface area contributed by atoms with Gasteiger partial charge >= 0.3 is 0 Å². The highest BCUT2D eigenvalue weighted by Crippen LogP contribution is 2.15. The molecule has 0 aliphatic rings. The van der Waals surface area contributed by atoms with Crippen molar-refractivity contribution in [2.24, 2.45) is 0 Å². The first-order valence-corrected chi connectivity index (χ1v) is 5.70. The molecule has 0 fully saturated rings. The van der Waals surface area contributed by atoms with E-state index >= 15 is 0 Å². The van der Waals surface area contributed by atoms with Gasteiger partial charge in [0.25, 0.3) is 0 Å². The molecule has 4 nitrogen and oxygen atoms in total. The monoisotopic (exact) mass is 244 g/mol. The average molecular weight is 244 g/mol. The van der Waals surface area contributed by atoms with Crippen LogP contribution in [-0.2, 0) is 6.54 Å². The highest BCUT2D eigenvalue weighted by atomic mass is 19.1. The second-order valence-corrected chi connectivity index (χ2v) is 3.85. The molecule has 1 N–H and O–H groups in total. The predicted molar refractivity (Wildman–Crippen MR) is 66.4 cm³/mol. The standard InChI is InChI=1S/C13H13FN4/c14-12-3-4-13(11(9-12)10-15)16-5-1-7-18-8-2-6-17-18/h2-4,6,8-9,16H,1,5,7H2. The lowest BCUT2D eigenvalue weighted by atomic mass is 10.2. The van der Waals surface area contributed by atoms with Crippen LogP contribution >= 0.6 is 0 Å². The Bertz CT molecular complexity index is 543. The summed E-state index contributed by atoms with van der Waals surface area (Å²) >= 11 is 0. The molecule has 0 atom stereocenters. The molecule has 0 saturated heterocycles. The van der Waals surface area contributed by atoms with E-state index in [4.69, 9.17) is 5.26 Å². The molecule has 1 heterocycles. The van der Waals surface area contributed by atoms with E-state index in [0.717, 1.165) is 13.0 Å². The molecule has 0 spiro atoms. The number of rotatable bonds is 5. The highest BCUT2D eigenvalue weighted by molar-refractivity contribution is 5.57. The van der Waals surface area contributed by atoms with Crippen LogP contribution in [0, 0.1) is 17.1 Å². The lowest BCUT2D eigenvalue weighted by molar-refractivity contribution is 0.591. The molecule has 5 heteroatoms. The number of hydrogen-bond donors (Lipinski definition) is 1. The minimum absolute atomic E-state index is 0.328. The number of hydrogen-bond acceptors (Lipinski definition) is 3. The van der Waals surface area contributed by atoms with Crippen LogP contribution in [0.15, 0.2) is 36.7 Å². The molecule has 18 heavy (non-hydrogen) atoms. The van der Waals surface area contributed by atoms with E-state index < -0.39 is 5.82 Å². The summed E-state index contributed by atoms with van der Waals surface area (Å²) in [4.78, 5) is 0. The number of halogens is 1. The largest absolute Gasteiger partial charge is 0.384 e. The van der Waals surface area contributed by atoms with Crippen molar-refractivity contribution in [2.75, 3.05) is 11.9 Å². The molecule has 0 amide bonds. The third-order valence-corrected chi connectivity index (χ3v) is 2.54. The van der Waals surface area contributed by atoms with Gasteiger partial charge in [-0.25, -0.2) is 4.39 Å². The molecule has 1 aromatic carbocycles. The smallest absolute Gasteiger partial charge is 0.124 e. The van der Waals surface area contributed by atoms with Gasteiger partial charge in [0, 0.05) is 25.5 Å². The Hall–Kier alpha value is -2.35. The van der Waals surface area contributed by atoms with Crippen LogP contribution in [0.25, 0.3) is 0 Å². The Morgan fingerprint density at radius 3 is 3.06 bits per heavy atom. The molecule has 0 aliphatic heterocycles. The van der Waals surface area contributed by atoms with E-state index in [9.17, 15) is 4.39 Å². The number of aryl methyl sites for hydroxylation is 1. The van der Waals surface area contributed by atoms with Crippen molar-refractivity contribution in [2.45, 2.75) is 13.0 Å². The molecule has 1 aromatic heterocycles. The van der Waals surface area contributed by atoms with E-state index in [1.54, 1.807) is 12.3 Å². The zero-order chi connectivity index (χ0) is 12.8. The van der Waals surface area contributed by atoms with E-state index in [2.05, 4.69) is 10.4 Å². The van der Waals surface area contributed by atoms with Gasteiger partial charge < -0.3 is 5.32 Å². The fraction of sp³-hybridized carbons (Fsp3) is 0.231. The van der Waals surface area contributed by atoms with Crippen molar-refractivity contribution in [1.82, 2.24) is 9.78 Å². The van der Waals surface area contributed by atoms with Crippen molar-refractivity contribution in [3.63, 3.8) is 0 Å². The molecular formula is C13H13FN4. The quantitative estimate of drug-likeness (QED) is 0.822. The van der Waals surface area contributed by atoms with Crippen molar-refractivity contribution in [3.8, 4) is 6.07 Å². The number of nitrogens with one attached hydrogen (secondary N) is 1. The van der Waals surface area contributed by atoms with E-state index in [1.165, 1.54) is 12.1 Å². The van der Waals surface area contributed by atoms with Gasteiger partial charge in [-0.2, -0.15) is 10.4 Å². The summed E-state index contributed by atoms with van der Waals surface area (Å²) < 4.78 is 14.8. The fourth-order valence-electron chi connectivity index (χ4n) is 1.66. The van der Waals surface area contributed by atoms with Crippen LogP contribution in [0.1, 0.15) is 12.0 Å². The molecule has 2 rings (SSSR count). The molecule has 0 radical (unpaired) electrons. The third kappa shape index (κ3) is 3.08. The fourth-order valence-corrected chi connectivity index (χ4v) is 1.66. The Morgan fingerprint density at radius 2 is 2.33 bits per heavy atom. The van der Waals surface area contributed by atoms with E-state index in [1.807, 2.05) is 23.0 Å². The Morgan fingerprint density at radius 1 is 1.44 bits per heavy atom. The summed E-state index contributed by atoms with van der Waals surface area (Å²) in [6, 6.07) is 8.01. The van der Waals surface area contributed by atoms with Crippen LogP contribution in [0.2, 0.25) is 0 Å². The van der Waals surface area contributed by atoms with Gasteiger partial charge in [0.2, 0.25) is 0 Å². The molecule has 2 aromatic rings. The summed E-state index contributed by atoms with van der Waals surface area (Å²) in [7, 11) is 0. The molecule has 92 valence electrons. The number of nitrogens with zero attached hydrogens (tertiary/aromatic N) is 3. The Labute approximate surface area is 105 Å². The minimum atomic E-state index is -0.395. The highest BCUT2D eigenvalue weighted by Gasteiger charge is 2.02. The molecule has 0 saturated carbocycles. The topological polar surface area (TPSA) is 53.6 Å². The summed E-state index contributed by atoms with van der Waals surface area (Å²) in [5.74, 6) is -0.395. The predicted octanol–water partition coefficient (Wildman–Crippen LogP) is 2.40. The first-order chi connectivity index (χ1) is 8.79. The first-order valence-electron chi connectivity index (χ1n) is 5.70. The summed E-state index contributed by atoms with van der Waals surface area (Å²) in [5, 5.41) is 16.1. The van der Waals surface area contributed by atoms with Crippen LogP contribution < -0.4 is 5.32 Å². The number of aromatic nitrogens is 2. The average Bonchev–Trinajstić information content (AvgIpc) is 2.89. The summed E-state index contributed by atoms with van der Waals surface area (Å²) in [5.41, 5.74) is 0.994. The number of benzene rings is 1. The minimum Gasteiger partial charge on any atom is -0.384 e. The van der Waals surface area contributed by atoms with Gasteiger partial charge in [0.05, 0.1) is 11.3 Å². The van der Waals surface area contributed by atoms with E-state index in [-0.39, 0.29) is 0 Å². The van der Waals surface area contributed by atoms with Crippen LogP contribution in [0.4, 0.5) is 10.1 Å². The third-order valence-electron chi connectivity index (χ3n) is 2.54. The van der Waals surface area contributed by atoms with E-state index in [0.29, 0.717) is 17.8 Å². The maximum absolute atomic E-state index is 12.9. The van der Waals surface area contributed by atoms with Gasteiger partial charge in [-0.3, -0.25) is 4.68 Å². The van der Waals surface area contributed by atoms with Crippen LogP contribution in [-0.4, -0.2) is 16.3 Å². The second-order valence-electron chi connectivity index (χ2n) is 3.85. The first kappa shape index (κ1) is 12.1. The molecule has 0 aliphatic carbocycles. The zero-order valence-electron chi connectivity index (χ0n) is 9.81. The molecule has 0 unspecified atom stereocenters. The lowest BCUT2D eigenvalue weighted by Gasteiger charge is -2.08. The van der Waals surface area contributed by atoms with Gasteiger partial charge in [-0.1, -0.05) is 0 Å².